The van der Waals surface area contributed by atoms with E-state index in [-0.39, 0.29) is 5.56 Å². The van der Waals surface area contributed by atoms with E-state index in [0.29, 0.717) is 5.69 Å². The highest BCUT2D eigenvalue weighted by atomic mass is 32.2. The molecular weight excluding hydrogens is 210 g/mol. The Kier molecular flexibility index (Phi) is 4.49. The van der Waals surface area contributed by atoms with Crippen LogP contribution in [0.25, 0.3) is 0 Å². The zero-order valence-corrected chi connectivity index (χ0v) is 9.51. The number of anilines is 1. The summed E-state index contributed by atoms with van der Waals surface area (Å²) in [6, 6.07) is 5.09. The van der Waals surface area contributed by atoms with Crippen molar-refractivity contribution >= 4 is 23.4 Å². The maximum Gasteiger partial charge on any atom is 0.337 e. The van der Waals surface area contributed by atoms with E-state index in [4.69, 9.17) is 10.8 Å². The Labute approximate surface area is 93.7 Å². The highest BCUT2D eigenvalue weighted by Gasteiger charge is 2.07. The fourth-order valence-electron chi connectivity index (χ4n) is 1.16. The summed E-state index contributed by atoms with van der Waals surface area (Å²) in [6.45, 7) is 2.14. The van der Waals surface area contributed by atoms with E-state index in [0.717, 1.165) is 23.5 Å². The molecule has 3 N–H and O–H groups in total. The molecule has 1 aromatic carbocycles. The van der Waals surface area contributed by atoms with E-state index in [9.17, 15) is 4.79 Å². The third kappa shape index (κ3) is 3.47. The fourth-order valence-corrected chi connectivity index (χ4v) is 2.20. The topological polar surface area (TPSA) is 63.3 Å². The lowest BCUT2D eigenvalue weighted by molar-refractivity contribution is 0.0698. The van der Waals surface area contributed by atoms with Gasteiger partial charge in [-0.25, -0.2) is 4.79 Å². The Bertz CT molecular complexity index is 352. The van der Waals surface area contributed by atoms with Crippen LogP contribution in [0.4, 0.5) is 5.69 Å². The van der Waals surface area contributed by atoms with Crippen molar-refractivity contribution in [3.63, 3.8) is 0 Å². The molecule has 0 spiro atoms. The molecule has 0 fully saturated rings. The van der Waals surface area contributed by atoms with Gasteiger partial charge in [0, 0.05) is 10.6 Å². The molecule has 0 amide bonds. The molecule has 1 aromatic rings. The van der Waals surface area contributed by atoms with Gasteiger partial charge in [-0.05, 0) is 30.4 Å². The van der Waals surface area contributed by atoms with Crippen LogP contribution in [0.3, 0.4) is 0 Å². The summed E-state index contributed by atoms with van der Waals surface area (Å²) in [5.41, 5.74) is 6.15. The van der Waals surface area contributed by atoms with Crippen LogP contribution in [0.5, 0.6) is 0 Å². The molecule has 0 atom stereocenters. The van der Waals surface area contributed by atoms with E-state index in [1.165, 1.54) is 0 Å². The highest BCUT2D eigenvalue weighted by Crippen LogP contribution is 2.24. The summed E-state index contributed by atoms with van der Waals surface area (Å²) in [5, 5.41) is 8.78. The van der Waals surface area contributed by atoms with Crippen LogP contribution in [0.15, 0.2) is 23.1 Å². The molecule has 0 aliphatic rings. The number of benzene rings is 1. The molecule has 15 heavy (non-hydrogen) atoms. The molecule has 82 valence electrons. The molecular formula is C11H15NO2S. The number of carboxylic acid groups (broad SMARTS) is 1. The van der Waals surface area contributed by atoms with Gasteiger partial charge in [0.25, 0.3) is 0 Å². The van der Waals surface area contributed by atoms with Crippen molar-refractivity contribution in [2.24, 2.45) is 0 Å². The second-order valence-corrected chi connectivity index (χ2v) is 4.42. The molecule has 0 saturated heterocycles. The number of unbranched alkanes of at least 4 members (excludes halogenated alkanes) is 1. The van der Waals surface area contributed by atoms with Gasteiger partial charge in [0.05, 0.1) is 5.56 Å². The van der Waals surface area contributed by atoms with Crippen LogP contribution in [-0.2, 0) is 0 Å². The van der Waals surface area contributed by atoms with Crippen molar-refractivity contribution in [1.29, 1.82) is 0 Å². The summed E-state index contributed by atoms with van der Waals surface area (Å²) in [4.78, 5) is 11.7. The molecule has 4 heteroatoms. The number of thioether (sulfide) groups is 1. The summed E-state index contributed by atoms with van der Waals surface area (Å²) < 4.78 is 0. The molecule has 0 bridgehead atoms. The maximum atomic E-state index is 10.7. The number of aromatic carboxylic acids is 1. The lowest BCUT2D eigenvalue weighted by Gasteiger charge is -2.04. The van der Waals surface area contributed by atoms with Crippen molar-refractivity contribution in [3.8, 4) is 0 Å². The Balaban J connectivity index is 2.69. The van der Waals surface area contributed by atoms with E-state index in [1.807, 2.05) is 0 Å². The van der Waals surface area contributed by atoms with Gasteiger partial charge >= 0.3 is 5.97 Å². The van der Waals surface area contributed by atoms with Crippen molar-refractivity contribution in [2.75, 3.05) is 11.5 Å². The molecule has 1 rings (SSSR count). The molecule has 0 unspecified atom stereocenters. The van der Waals surface area contributed by atoms with Gasteiger partial charge in [-0.2, -0.15) is 0 Å². The first-order chi connectivity index (χ1) is 7.15. The molecule has 0 radical (unpaired) electrons. The molecule has 0 heterocycles. The average molecular weight is 225 g/mol. The van der Waals surface area contributed by atoms with Crippen molar-refractivity contribution in [3.05, 3.63) is 23.8 Å². The van der Waals surface area contributed by atoms with Gasteiger partial charge in [-0.3, -0.25) is 0 Å². The third-order valence-electron chi connectivity index (χ3n) is 2.02. The first-order valence-corrected chi connectivity index (χ1v) is 5.89. The SMILES string of the molecule is CCCCSc1ccc(C(=O)O)c(N)c1. The molecule has 0 aliphatic carbocycles. The second kappa shape index (κ2) is 5.66. The zero-order valence-electron chi connectivity index (χ0n) is 8.69. The van der Waals surface area contributed by atoms with E-state index in [1.54, 1.807) is 30.0 Å². The molecule has 0 saturated carbocycles. The normalized spacial score (nSPS) is 10.2. The standard InChI is InChI=1S/C11H15NO2S/c1-2-3-6-15-8-4-5-9(11(13)14)10(12)7-8/h4-5,7H,2-3,6,12H2,1H3,(H,13,14). The van der Waals surface area contributed by atoms with Crippen LogP contribution in [0.1, 0.15) is 30.1 Å². The second-order valence-electron chi connectivity index (χ2n) is 3.26. The fraction of sp³-hybridized carbons (Fsp3) is 0.364. The largest absolute Gasteiger partial charge is 0.478 e. The minimum atomic E-state index is -0.974. The predicted molar refractivity (Wildman–Crippen MR) is 63.4 cm³/mol. The van der Waals surface area contributed by atoms with Gasteiger partial charge in [0.1, 0.15) is 0 Å². The summed E-state index contributed by atoms with van der Waals surface area (Å²) >= 11 is 1.71. The predicted octanol–water partition coefficient (Wildman–Crippen LogP) is 2.86. The van der Waals surface area contributed by atoms with Gasteiger partial charge in [0.2, 0.25) is 0 Å². The van der Waals surface area contributed by atoms with E-state index >= 15 is 0 Å². The van der Waals surface area contributed by atoms with Gasteiger partial charge < -0.3 is 10.8 Å². The lowest BCUT2D eigenvalue weighted by Crippen LogP contribution is -2.01. The highest BCUT2D eigenvalue weighted by molar-refractivity contribution is 7.99. The minimum Gasteiger partial charge on any atom is -0.478 e. The lowest BCUT2D eigenvalue weighted by atomic mass is 10.2. The van der Waals surface area contributed by atoms with E-state index < -0.39 is 5.97 Å². The van der Waals surface area contributed by atoms with Crippen LogP contribution in [0.2, 0.25) is 0 Å². The summed E-state index contributed by atoms with van der Waals surface area (Å²) in [7, 11) is 0. The zero-order chi connectivity index (χ0) is 11.3. The maximum absolute atomic E-state index is 10.7. The smallest absolute Gasteiger partial charge is 0.337 e. The number of nitrogen functional groups attached to an aromatic ring is 1. The van der Waals surface area contributed by atoms with Gasteiger partial charge in [0.15, 0.2) is 0 Å². The Morgan fingerprint density at radius 1 is 1.53 bits per heavy atom. The van der Waals surface area contributed by atoms with Gasteiger partial charge in [-0.15, -0.1) is 11.8 Å². The number of hydrogen-bond donors (Lipinski definition) is 2. The van der Waals surface area contributed by atoms with Crippen LogP contribution in [0, 0.1) is 0 Å². The quantitative estimate of drug-likeness (QED) is 0.459. The molecule has 0 aromatic heterocycles. The number of rotatable bonds is 5. The average Bonchev–Trinajstić information content (AvgIpc) is 2.17. The van der Waals surface area contributed by atoms with Crippen molar-refractivity contribution in [2.45, 2.75) is 24.7 Å². The number of carbonyl (C=O) groups is 1. The number of nitrogens with two attached hydrogens (primary N) is 1. The first-order valence-electron chi connectivity index (χ1n) is 4.90. The van der Waals surface area contributed by atoms with Gasteiger partial charge in [-0.1, -0.05) is 13.3 Å². The minimum absolute atomic E-state index is 0.176. The number of hydrogen-bond acceptors (Lipinski definition) is 3. The van der Waals surface area contributed by atoms with E-state index in [2.05, 4.69) is 6.92 Å². The Morgan fingerprint density at radius 3 is 2.80 bits per heavy atom. The molecule has 3 nitrogen and oxygen atoms in total. The van der Waals surface area contributed by atoms with Crippen LogP contribution >= 0.6 is 11.8 Å². The van der Waals surface area contributed by atoms with Crippen LogP contribution in [-0.4, -0.2) is 16.8 Å². The monoisotopic (exact) mass is 225 g/mol. The third-order valence-corrected chi connectivity index (χ3v) is 3.10. The van der Waals surface area contributed by atoms with Crippen molar-refractivity contribution < 1.29 is 9.90 Å². The molecule has 0 aliphatic heterocycles. The first kappa shape index (κ1) is 11.9. The number of carboxylic acids is 1. The summed E-state index contributed by atoms with van der Waals surface area (Å²) in [5.74, 6) is 0.0696. The Hall–Kier alpha value is -1.16. The van der Waals surface area contributed by atoms with Crippen molar-refractivity contribution in [1.82, 2.24) is 0 Å². The summed E-state index contributed by atoms with van der Waals surface area (Å²) in [6.07, 6.45) is 2.32. The van der Waals surface area contributed by atoms with Crippen LogP contribution < -0.4 is 5.73 Å². The Morgan fingerprint density at radius 2 is 2.27 bits per heavy atom.